The number of fused-ring (bicyclic) bond motifs is 6. The van der Waals surface area contributed by atoms with Crippen molar-refractivity contribution in [1.82, 2.24) is 14.5 Å². The van der Waals surface area contributed by atoms with Gasteiger partial charge in [0.2, 0.25) is 0 Å². The SMILES string of the molecule is Cc1nc(-c2ccc3ccccc3c2)c2c(n1)c1cc(C(C)C)c3ccccc3c1n2C. The zero-order valence-electron chi connectivity index (χ0n) is 18.8. The minimum Gasteiger partial charge on any atom is -0.340 e. The van der Waals surface area contributed by atoms with Crippen LogP contribution < -0.4 is 0 Å². The third kappa shape index (κ3) is 2.67. The summed E-state index contributed by atoms with van der Waals surface area (Å²) >= 11 is 0. The van der Waals surface area contributed by atoms with E-state index in [9.17, 15) is 0 Å². The molecule has 0 amide bonds. The average molecular weight is 416 g/mol. The molecular weight excluding hydrogens is 390 g/mol. The van der Waals surface area contributed by atoms with E-state index in [0.29, 0.717) is 5.92 Å². The predicted octanol–water partition coefficient (Wildman–Crippen LogP) is 7.53. The summed E-state index contributed by atoms with van der Waals surface area (Å²) in [4.78, 5) is 9.89. The molecule has 0 aliphatic carbocycles. The summed E-state index contributed by atoms with van der Waals surface area (Å²) in [6.45, 7) is 6.52. The number of aryl methyl sites for hydroxylation is 2. The van der Waals surface area contributed by atoms with E-state index in [1.807, 2.05) is 6.92 Å². The fourth-order valence-corrected chi connectivity index (χ4v) is 5.13. The molecule has 0 fully saturated rings. The van der Waals surface area contributed by atoms with Crippen molar-refractivity contribution in [2.24, 2.45) is 7.05 Å². The molecule has 0 bridgehead atoms. The van der Waals surface area contributed by atoms with Crippen LogP contribution in [0.2, 0.25) is 0 Å². The van der Waals surface area contributed by atoms with Gasteiger partial charge in [-0.25, -0.2) is 9.97 Å². The van der Waals surface area contributed by atoms with Gasteiger partial charge in [0.1, 0.15) is 11.3 Å². The molecule has 156 valence electrons. The van der Waals surface area contributed by atoms with Crippen LogP contribution in [0.4, 0.5) is 0 Å². The van der Waals surface area contributed by atoms with Gasteiger partial charge in [-0.15, -0.1) is 0 Å². The van der Waals surface area contributed by atoms with Crippen LogP contribution in [0.15, 0.2) is 72.8 Å². The Balaban J connectivity index is 1.78. The summed E-state index contributed by atoms with van der Waals surface area (Å²) in [5.41, 5.74) is 6.83. The van der Waals surface area contributed by atoms with E-state index in [1.165, 1.54) is 38.0 Å². The van der Waals surface area contributed by atoms with Crippen LogP contribution >= 0.6 is 0 Å². The Morgan fingerprint density at radius 3 is 2.22 bits per heavy atom. The molecule has 0 saturated heterocycles. The van der Waals surface area contributed by atoms with Crippen LogP contribution in [0.25, 0.3) is 54.7 Å². The lowest BCUT2D eigenvalue weighted by Crippen LogP contribution is -1.97. The molecule has 0 atom stereocenters. The third-order valence-electron chi connectivity index (χ3n) is 6.61. The molecule has 3 nitrogen and oxygen atoms in total. The molecule has 0 unspecified atom stereocenters. The lowest BCUT2D eigenvalue weighted by molar-refractivity contribution is 0.878. The maximum Gasteiger partial charge on any atom is 0.126 e. The van der Waals surface area contributed by atoms with E-state index in [-0.39, 0.29) is 0 Å². The van der Waals surface area contributed by atoms with Gasteiger partial charge in [-0.05, 0) is 46.7 Å². The van der Waals surface area contributed by atoms with Crippen molar-refractivity contribution in [1.29, 1.82) is 0 Å². The van der Waals surface area contributed by atoms with Gasteiger partial charge in [-0.2, -0.15) is 0 Å². The lowest BCUT2D eigenvalue weighted by atomic mass is 9.94. The average Bonchev–Trinajstić information content (AvgIpc) is 3.09. The summed E-state index contributed by atoms with van der Waals surface area (Å²) in [7, 11) is 2.15. The van der Waals surface area contributed by atoms with Crippen LogP contribution in [-0.4, -0.2) is 14.5 Å². The number of hydrogen-bond donors (Lipinski definition) is 0. The number of nitrogens with zero attached hydrogens (tertiary/aromatic N) is 3. The van der Waals surface area contributed by atoms with E-state index < -0.39 is 0 Å². The molecular formula is C29H25N3. The molecule has 0 aliphatic heterocycles. The second-order valence-electron chi connectivity index (χ2n) is 9.00. The van der Waals surface area contributed by atoms with Gasteiger partial charge < -0.3 is 4.57 Å². The van der Waals surface area contributed by atoms with Crippen molar-refractivity contribution in [2.75, 3.05) is 0 Å². The Morgan fingerprint density at radius 2 is 1.44 bits per heavy atom. The fraction of sp³-hybridized carbons (Fsp3) is 0.172. The standard InChI is InChI=1S/C29H25N3/c1-17(2)24-16-25-27-29(32(4)28(25)23-12-8-7-11-22(23)24)26(30-18(3)31-27)21-14-13-19-9-5-6-10-20(19)15-21/h5-17H,1-4H3. The Bertz CT molecular complexity index is 1670. The quantitative estimate of drug-likeness (QED) is 0.293. The maximum absolute atomic E-state index is 4.95. The normalized spacial score (nSPS) is 12.0. The van der Waals surface area contributed by atoms with E-state index >= 15 is 0 Å². The molecule has 0 saturated carbocycles. The molecule has 0 spiro atoms. The molecule has 2 aromatic heterocycles. The van der Waals surface area contributed by atoms with Crippen LogP contribution in [0.1, 0.15) is 31.2 Å². The van der Waals surface area contributed by atoms with E-state index in [0.717, 1.165) is 28.1 Å². The van der Waals surface area contributed by atoms with Crippen LogP contribution in [-0.2, 0) is 7.05 Å². The monoisotopic (exact) mass is 415 g/mol. The minimum absolute atomic E-state index is 0.433. The molecule has 32 heavy (non-hydrogen) atoms. The summed E-state index contributed by atoms with van der Waals surface area (Å²) < 4.78 is 2.29. The third-order valence-corrected chi connectivity index (χ3v) is 6.61. The Labute approximate surface area is 187 Å². The minimum atomic E-state index is 0.433. The summed E-state index contributed by atoms with van der Waals surface area (Å²) in [5, 5.41) is 6.26. The van der Waals surface area contributed by atoms with Crippen molar-refractivity contribution in [3.05, 3.63) is 84.2 Å². The van der Waals surface area contributed by atoms with Gasteiger partial charge in [-0.3, -0.25) is 0 Å². The zero-order valence-corrected chi connectivity index (χ0v) is 18.8. The molecule has 6 rings (SSSR count). The van der Waals surface area contributed by atoms with Gasteiger partial charge in [0.25, 0.3) is 0 Å². The first kappa shape index (κ1) is 19.0. The molecule has 3 heteroatoms. The van der Waals surface area contributed by atoms with Crippen LogP contribution in [0.5, 0.6) is 0 Å². The highest BCUT2D eigenvalue weighted by Crippen LogP contribution is 2.40. The Kier molecular flexibility index (Phi) is 4.09. The largest absolute Gasteiger partial charge is 0.340 e. The highest BCUT2D eigenvalue weighted by Gasteiger charge is 2.20. The molecule has 4 aromatic carbocycles. The topological polar surface area (TPSA) is 30.7 Å². The molecule has 2 heterocycles. The lowest BCUT2D eigenvalue weighted by Gasteiger charge is -2.12. The van der Waals surface area contributed by atoms with Crippen molar-refractivity contribution >= 4 is 43.5 Å². The first-order valence-electron chi connectivity index (χ1n) is 11.2. The Morgan fingerprint density at radius 1 is 0.719 bits per heavy atom. The molecule has 0 N–H and O–H groups in total. The van der Waals surface area contributed by atoms with Gasteiger partial charge in [-0.1, -0.05) is 74.5 Å². The number of aromatic nitrogens is 3. The zero-order chi connectivity index (χ0) is 22.0. The van der Waals surface area contributed by atoms with Crippen LogP contribution in [0.3, 0.4) is 0 Å². The highest BCUT2D eigenvalue weighted by molar-refractivity contribution is 6.19. The van der Waals surface area contributed by atoms with E-state index in [4.69, 9.17) is 9.97 Å². The van der Waals surface area contributed by atoms with Crippen molar-refractivity contribution in [3.63, 3.8) is 0 Å². The summed E-state index contributed by atoms with van der Waals surface area (Å²) in [5.74, 6) is 1.23. The smallest absolute Gasteiger partial charge is 0.126 e. The van der Waals surface area contributed by atoms with Gasteiger partial charge >= 0.3 is 0 Å². The molecule has 0 radical (unpaired) electrons. The Hall–Kier alpha value is -3.72. The summed E-state index contributed by atoms with van der Waals surface area (Å²) in [6, 6.07) is 26.2. The second-order valence-corrected chi connectivity index (χ2v) is 9.00. The summed E-state index contributed by atoms with van der Waals surface area (Å²) in [6.07, 6.45) is 0. The predicted molar refractivity (Wildman–Crippen MR) is 135 cm³/mol. The highest BCUT2D eigenvalue weighted by atomic mass is 15.0. The number of hydrogen-bond acceptors (Lipinski definition) is 2. The molecule has 0 aliphatic rings. The van der Waals surface area contributed by atoms with Gasteiger partial charge in [0.05, 0.1) is 16.7 Å². The van der Waals surface area contributed by atoms with Crippen molar-refractivity contribution in [3.8, 4) is 11.3 Å². The van der Waals surface area contributed by atoms with Gasteiger partial charge in [0.15, 0.2) is 0 Å². The number of rotatable bonds is 2. The van der Waals surface area contributed by atoms with Crippen molar-refractivity contribution in [2.45, 2.75) is 26.7 Å². The maximum atomic E-state index is 4.95. The van der Waals surface area contributed by atoms with E-state index in [2.05, 4.69) is 98.3 Å². The van der Waals surface area contributed by atoms with Crippen LogP contribution in [0, 0.1) is 6.92 Å². The molecule has 6 aromatic rings. The number of benzene rings is 4. The van der Waals surface area contributed by atoms with E-state index in [1.54, 1.807) is 0 Å². The van der Waals surface area contributed by atoms with Gasteiger partial charge in [0, 0.05) is 23.4 Å². The second kappa shape index (κ2) is 6.89. The van der Waals surface area contributed by atoms with Crippen molar-refractivity contribution < 1.29 is 0 Å². The fourth-order valence-electron chi connectivity index (χ4n) is 5.13. The first-order valence-corrected chi connectivity index (χ1v) is 11.2. The first-order chi connectivity index (χ1) is 15.5.